The van der Waals surface area contributed by atoms with Crippen LogP contribution in [0, 0.1) is 13.8 Å². The van der Waals surface area contributed by atoms with Crippen molar-refractivity contribution in [3.8, 4) is 11.4 Å². The molecule has 1 atom stereocenters. The van der Waals surface area contributed by atoms with E-state index in [1.165, 1.54) is 5.56 Å². The highest BCUT2D eigenvalue weighted by Crippen LogP contribution is 2.16. The van der Waals surface area contributed by atoms with Crippen LogP contribution in [0.4, 0.5) is 0 Å². The predicted molar refractivity (Wildman–Crippen MR) is 87.7 cm³/mol. The number of nitrogens with one attached hydrogen (secondary N) is 1. The van der Waals surface area contributed by atoms with Crippen LogP contribution in [0.2, 0.25) is 0 Å². The van der Waals surface area contributed by atoms with Crippen LogP contribution < -0.4 is 5.32 Å². The summed E-state index contributed by atoms with van der Waals surface area (Å²) in [5.41, 5.74) is 3.31. The van der Waals surface area contributed by atoms with Crippen LogP contribution in [0.25, 0.3) is 11.4 Å². The smallest absolute Gasteiger partial charge is 0.240 e. The summed E-state index contributed by atoms with van der Waals surface area (Å²) in [6.07, 6.45) is 3.89. The third-order valence-corrected chi connectivity index (χ3v) is 3.57. The fourth-order valence-corrected chi connectivity index (χ4v) is 2.40. The molecule has 120 valence electrons. The first-order chi connectivity index (χ1) is 11.1. The number of hydrogen-bond donors (Lipinski definition) is 1. The molecule has 23 heavy (non-hydrogen) atoms. The number of hydrogen-bond acceptors (Lipinski definition) is 5. The molecule has 6 nitrogen and oxygen atoms in total. The number of nitrogens with zero attached hydrogens (tertiary/aromatic N) is 4. The second-order valence-corrected chi connectivity index (χ2v) is 5.90. The van der Waals surface area contributed by atoms with Crippen molar-refractivity contribution in [1.82, 2.24) is 25.2 Å². The first-order valence-corrected chi connectivity index (χ1v) is 7.72. The maximum Gasteiger partial charge on any atom is 0.240 e. The van der Waals surface area contributed by atoms with Crippen molar-refractivity contribution in [2.45, 2.75) is 39.9 Å². The van der Waals surface area contributed by atoms with Gasteiger partial charge in [-0.05, 0) is 32.4 Å². The van der Waals surface area contributed by atoms with Crippen LogP contribution in [-0.4, -0.2) is 26.0 Å². The lowest BCUT2D eigenvalue weighted by atomic mass is 10.1. The topological polar surface area (TPSA) is 68.8 Å². The monoisotopic (exact) mass is 311 g/mol. The highest BCUT2D eigenvalue weighted by Gasteiger charge is 2.10. The number of aromatic nitrogens is 4. The van der Waals surface area contributed by atoms with Gasteiger partial charge in [0.05, 0.1) is 19.3 Å². The molecule has 2 aromatic heterocycles. The molecule has 0 aliphatic rings. The Morgan fingerprint density at radius 3 is 2.87 bits per heavy atom. The molecule has 0 saturated carbocycles. The zero-order valence-electron chi connectivity index (χ0n) is 13.7. The van der Waals surface area contributed by atoms with E-state index in [4.69, 9.17) is 4.52 Å². The fourth-order valence-electron chi connectivity index (χ4n) is 2.40. The van der Waals surface area contributed by atoms with Crippen LogP contribution in [0.3, 0.4) is 0 Å². The minimum atomic E-state index is 0.253. The lowest BCUT2D eigenvalue weighted by Gasteiger charge is -2.11. The quantitative estimate of drug-likeness (QED) is 0.758. The molecule has 1 aromatic carbocycles. The normalized spacial score (nSPS) is 12.5. The van der Waals surface area contributed by atoms with Crippen molar-refractivity contribution >= 4 is 0 Å². The zero-order valence-corrected chi connectivity index (χ0v) is 13.7. The van der Waals surface area contributed by atoms with Gasteiger partial charge in [-0.3, -0.25) is 4.68 Å². The van der Waals surface area contributed by atoms with Crippen LogP contribution in [0.1, 0.15) is 23.9 Å². The Morgan fingerprint density at radius 2 is 2.13 bits per heavy atom. The highest BCUT2D eigenvalue weighted by atomic mass is 16.5. The second-order valence-electron chi connectivity index (χ2n) is 5.90. The zero-order chi connectivity index (χ0) is 16.2. The van der Waals surface area contributed by atoms with Gasteiger partial charge in [0.15, 0.2) is 0 Å². The van der Waals surface area contributed by atoms with Crippen molar-refractivity contribution in [3.05, 3.63) is 53.7 Å². The van der Waals surface area contributed by atoms with Crippen LogP contribution in [0.15, 0.2) is 41.2 Å². The summed E-state index contributed by atoms with van der Waals surface area (Å²) in [4.78, 5) is 4.44. The van der Waals surface area contributed by atoms with Gasteiger partial charge in [0, 0.05) is 17.8 Å². The first-order valence-electron chi connectivity index (χ1n) is 7.72. The Bertz CT molecular complexity index is 777. The molecule has 0 saturated heterocycles. The molecule has 0 aliphatic heterocycles. The first kappa shape index (κ1) is 15.4. The summed E-state index contributed by atoms with van der Waals surface area (Å²) < 4.78 is 7.25. The second kappa shape index (κ2) is 6.75. The molecule has 3 rings (SSSR count). The van der Waals surface area contributed by atoms with Crippen molar-refractivity contribution in [3.63, 3.8) is 0 Å². The maximum atomic E-state index is 5.32. The summed E-state index contributed by atoms with van der Waals surface area (Å²) in [6.45, 7) is 7.53. The molecule has 0 unspecified atom stereocenters. The van der Waals surface area contributed by atoms with E-state index in [9.17, 15) is 0 Å². The highest BCUT2D eigenvalue weighted by molar-refractivity contribution is 5.55. The third-order valence-electron chi connectivity index (χ3n) is 3.57. The predicted octanol–water partition coefficient (Wildman–Crippen LogP) is 2.73. The molecule has 1 N–H and O–H groups in total. The maximum absolute atomic E-state index is 5.32. The minimum Gasteiger partial charge on any atom is -0.338 e. The SMILES string of the molecule is Cc1cccc(-c2noc(CN[C@@H](C)Cn3cc(C)cn3)n2)c1. The molecule has 0 spiro atoms. The van der Waals surface area contributed by atoms with Crippen molar-refractivity contribution < 1.29 is 4.52 Å². The Labute approximate surface area is 135 Å². The molecule has 6 heteroatoms. The van der Waals surface area contributed by atoms with E-state index in [1.54, 1.807) is 0 Å². The lowest BCUT2D eigenvalue weighted by molar-refractivity contribution is 0.350. The van der Waals surface area contributed by atoms with E-state index in [-0.39, 0.29) is 6.04 Å². The van der Waals surface area contributed by atoms with Gasteiger partial charge in [0.25, 0.3) is 0 Å². The fraction of sp³-hybridized carbons (Fsp3) is 0.353. The largest absolute Gasteiger partial charge is 0.338 e. The average molecular weight is 311 g/mol. The molecular formula is C17H21N5O. The molecule has 0 radical (unpaired) electrons. The Kier molecular flexibility index (Phi) is 4.52. The number of aryl methyl sites for hydroxylation is 2. The van der Waals surface area contributed by atoms with Gasteiger partial charge in [-0.15, -0.1) is 0 Å². The van der Waals surface area contributed by atoms with Crippen LogP contribution in [0.5, 0.6) is 0 Å². The number of rotatable bonds is 6. The van der Waals surface area contributed by atoms with Gasteiger partial charge >= 0.3 is 0 Å². The molecule has 2 heterocycles. The molecule has 3 aromatic rings. The van der Waals surface area contributed by atoms with Crippen LogP contribution >= 0.6 is 0 Å². The van der Waals surface area contributed by atoms with Gasteiger partial charge < -0.3 is 9.84 Å². The van der Waals surface area contributed by atoms with E-state index in [1.807, 2.05) is 55.2 Å². The summed E-state index contributed by atoms with van der Waals surface area (Å²) in [6, 6.07) is 8.32. The summed E-state index contributed by atoms with van der Waals surface area (Å²) in [5.74, 6) is 1.21. The lowest BCUT2D eigenvalue weighted by Crippen LogP contribution is -2.30. The van der Waals surface area contributed by atoms with Crippen LogP contribution in [-0.2, 0) is 13.1 Å². The van der Waals surface area contributed by atoms with Gasteiger partial charge in [-0.1, -0.05) is 28.9 Å². The number of benzene rings is 1. The van der Waals surface area contributed by atoms with Crippen molar-refractivity contribution in [2.24, 2.45) is 0 Å². The van der Waals surface area contributed by atoms with Gasteiger partial charge in [0.1, 0.15) is 0 Å². The molecule has 0 fully saturated rings. The van der Waals surface area contributed by atoms with E-state index in [0.717, 1.165) is 17.7 Å². The van der Waals surface area contributed by atoms with E-state index in [2.05, 4.69) is 27.5 Å². The van der Waals surface area contributed by atoms with Gasteiger partial charge in [0.2, 0.25) is 11.7 Å². The minimum absolute atomic E-state index is 0.253. The summed E-state index contributed by atoms with van der Waals surface area (Å²) in [5, 5.41) is 11.7. The van der Waals surface area contributed by atoms with Gasteiger partial charge in [-0.2, -0.15) is 10.1 Å². The van der Waals surface area contributed by atoms with Crippen molar-refractivity contribution in [1.29, 1.82) is 0 Å². The molecule has 0 amide bonds. The average Bonchev–Trinajstić information content (AvgIpc) is 3.14. The Hall–Kier alpha value is -2.47. The third kappa shape index (κ3) is 4.04. The van der Waals surface area contributed by atoms with Gasteiger partial charge in [-0.25, -0.2) is 0 Å². The molecule has 0 aliphatic carbocycles. The Balaban J connectivity index is 1.56. The standard InChI is InChI=1S/C17H21N5O/c1-12-5-4-6-15(7-12)17-20-16(23-21-17)9-18-14(3)11-22-10-13(2)8-19-22/h4-8,10,14,18H,9,11H2,1-3H3/t14-/m0/s1. The van der Waals surface area contributed by atoms with Crippen molar-refractivity contribution in [2.75, 3.05) is 0 Å². The molecular weight excluding hydrogens is 290 g/mol. The van der Waals surface area contributed by atoms with E-state index < -0.39 is 0 Å². The Morgan fingerprint density at radius 1 is 1.26 bits per heavy atom. The van der Waals surface area contributed by atoms with E-state index in [0.29, 0.717) is 18.3 Å². The summed E-state index contributed by atoms with van der Waals surface area (Å²) in [7, 11) is 0. The summed E-state index contributed by atoms with van der Waals surface area (Å²) >= 11 is 0. The molecule has 0 bridgehead atoms. The van der Waals surface area contributed by atoms with E-state index >= 15 is 0 Å².